The molecule has 2 heteroatoms. The molecule has 1 aliphatic carbocycles. The van der Waals surface area contributed by atoms with Crippen LogP contribution in [0.3, 0.4) is 0 Å². The molecule has 1 nitrogen and oxygen atoms in total. The summed E-state index contributed by atoms with van der Waals surface area (Å²) in [6, 6.07) is 0. The fourth-order valence-corrected chi connectivity index (χ4v) is 3.22. The first-order valence-electron chi connectivity index (χ1n) is 5.81. The van der Waals surface area contributed by atoms with E-state index in [0.29, 0.717) is 6.10 Å². The van der Waals surface area contributed by atoms with Crippen LogP contribution >= 0.6 is 0 Å². The van der Waals surface area contributed by atoms with Crippen molar-refractivity contribution >= 4 is 8.32 Å². The quantitative estimate of drug-likeness (QED) is 0.494. The van der Waals surface area contributed by atoms with Gasteiger partial charge in [0.15, 0.2) is 8.32 Å². The minimum Gasteiger partial charge on any atom is -0.415 e. The van der Waals surface area contributed by atoms with Gasteiger partial charge in [-0.2, -0.15) is 0 Å². The van der Waals surface area contributed by atoms with Crippen LogP contribution in [0.25, 0.3) is 0 Å². The largest absolute Gasteiger partial charge is 0.415 e. The zero-order chi connectivity index (χ0) is 10.6. The number of hydrogen-bond acceptors (Lipinski definition) is 1. The van der Waals surface area contributed by atoms with Gasteiger partial charge in [-0.15, -0.1) is 0 Å². The zero-order valence-electron chi connectivity index (χ0n) is 10.1. The molecule has 0 aromatic carbocycles. The van der Waals surface area contributed by atoms with Crippen molar-refractivity contribution in [2.24, 2.45) is 0 Å². The highest BCUT2D eigenvalue weighted by atomic mass is 28.4. The SMILES string of the molecule is C/C1=C/CCC(O[Si](C)(C)C)CCC1. The topological polar surface area (TPSA) is 9.23 Å². The molecule has 1 rings (SSSR count). The predicted octanol–water partition coefficient (Wildman–Crippen LogP) is 4.12. The molecule has 0 spiro atoms. The molecule has 82 valence electrons. The van der Waals surface area contributed by atoms with E-state index in [9.17, 15) is 0 Å². The Labute approximate surface area is 89.7 Å². The van der Waals surface area contributed by atoms with Crippen molar-refractivity contribution in [2.75, 3.05) is 0 Å². The summed E-state index contributed by atoms with van der Waals surface area (Å²) >= 11 is 0. The molecule has 0 fully saturated rings. The summed E-state index contributed by atoms with van der Waals surface area (Å²) in [5.41, 5.74) is 1.57. The Bertz CT molecular complexity index is 203. The monoisotopic (exact) mass is 212 g/mol. The van der Waals surface area contributed by atoms with Gasteiger partial charge in [-0.25, -0.2) is 0 Å². The van der Waals surface area contributed by atoms with Gasteiger partial charge in [0.2, 0.25) is 0 Å². The van der Waals surface area contributed by atoms with Crippen LogP contribution in [0, 0.1) is 0 Å². The molecule has 0 heterocycles. The van der Waals surface area contributed by atoms with Crippen molar-refractivity contribution in [3.63, 3.8) is 0 Å². The third kappa shape index (κ3) is 4.96. The Morgan fingerprint density at radius 1 is 1.29 bits per heavy atom. The van der Waals surface area contributed by atoms with Gasteiger partial charge in [0.05, 0.1) is 0 Å². The van der Waals surface area contributed by atoms with Gasteiger partial charge in [0, 0.05) is 6.10 Å². The van der Waals surface area contributed by atoms with Gasteiger partial charge in [0.25, 0.3) is 0 Å². The average molecular weight is 212 g/mol. The van der Waals surface area contributed by atoms with Crippen LogP contribution in [-0.4, -0.2) is 14.4 Å². The Morgan fingerprint density at radius 3 is 2.64 bits per heavy atom. The highest BCUT2D eigenvalue weighted by Crippen LogP contribution is 2.22. The van der Waals surface area contributed by atoms with Crippen molar-refractivity contribution < 1.29 is 4.43 Å². The fraction of sp³-hybridized carbons (Fsp3) is 0.833. The highest BCUT2D eigenvalue weighted by Gasteiger charge is 2.20. The van der Waals surface area contributed by atoms with E-state index in [-0.39, 0.29) is 0 Å². The molecule has 0 aliphatic heterocycles. The van der Waals surface area contributed by atoms with Crippen molar-refractivity contribution in [1.82, 2.24) is 0 Å². The van der Waals surface area contributed by atoms with Crippen LogP contribution in [0.15, 0.2) is 11.6 Å². The van der Waals surface area contributed by atoms with Crippen molar-refractivity contribution in [1.29, 1.82) is 0 Å². The van der Waals surface area contributed by atoms with Crippen LogP contribution in [-0.2, 0) is 4.43 Å². The molecule has 0 aromatic rings. The number of hydrogen-bond donors (Lipinski definition) is 0. The van der Waals surface area contributed by atoms with Gasteiger partial charge in [-0.1, -0.05) is 11.6 Å². The zero-order valence-corrected chi connectivity index (χ0v) is 11.1. The molecular formula is C12H24OSi. The van der Waals surface area contributed by atoms with Crippen molar-refractivity contribution in [2.45, 2.75) is 64.8 Å². The molecule has 1 unspecified atom stereocenters. The van der Waals surface area contributed by atoms with Gasteiger partial charge in [-0.05, 0) is 58.7 Å². The second kappa shape index (κ2) is 5.13. The lowest BCUT2D eigenvalue weighted by atomic mass is 9.99. The summed E-state index contributed by atoms with van der Waals surface area (Å²) in [5.74, 6) is 0. The Morgan fingerprint density at radius 2 is 2.00 bits per heavy atom. The van der Waals surface area contributed by atoms with Crippen LogP contribution in [0.4, 0.5) is 0 Å². The van der Waals surface area contributed by atoms with E-state index >= 15 is 0 Å². The minimum atomic E-state index is -1.32. The Kier molecular flexibility index (Phi) is 4.39. The van der Waals surface area contributed by atoms with Gasteiger partial charge in [0.1, 0.15) is 0 Å². The van der Waals surface area contributed by atoms with Gasteiger partial charge >= 0.3 is 0 Å². The molecule has 1 aliphatic rings. The second-order valence-corrected chi connectivity index (χ2v) is 9.83. The molecule has 14 heavy (non-hydrogen) atoms. The lowest BCUT2D eigenvalue weighted by molar-refractivity contribution is 0.170. The van der Waals surface area contributed by atoms with E-state index in [0.717, 1.165) is 0 Å². The molecule has 0 aromatic heterocycles. The standard InChI is InChI=1S/C12H24OSi/c1-11-7-5-9-12(10-6-8-11)13-14(2,3)4/h7,12H,5-6,8-10H2,1-4H3/b11-7-. The predicted molar refractivity (Wildman–Crippen MR) is 65.1 cm³/mol. The van der Waals surface area contributed by atoms with E-state index in [1.54, 1.807) is 5.57 Å². The molecule has 0 bridgehead atoms. The smallest absolute Gasteiger partial charge is 0.184 e. The van der Waals surface area contributed by atoms with E-state index in [1.165, 1.54) is 32.1 Å². The Hall–Kier alpha value is -0.0831. The summed E-state index contributed by atoms with van der Waals surface area (Å²) in [6.07, 6.45) is 9.19. The third-order valence-corrected chi connectivity index (χ3v) is 3.64. The van der Waals surface area contributed by atoms with Crippen molar-refractivity contribution in [3.8, 4) is 0 Å². The van der Waals surface area contributed by atoms with Crippen LogP contribution in [0.2, 0.25) is 19.6 Å². The van der Waals surface area contributed by atoms with Gasteiger partial charge < -0.3 is 4.43 Å². The minimum absolute atomic E-state index is 0.533. The molecular weight excluding hydrogens is 188 g/mol. The molecule has 0 saturated heterocycles. The highest BCUT2D eigenvalue weighted by molar-refractivity contribution is 6.69. The lowest BCUT2D eigenvalue weighted by Crippen LogP contribution is -2.32. The first-order valence-corrected chi connectivity index (χ1v) is 9.22. The normalized spacial score (nSPS) is 28.9. The second-order valence-electron chi connectivity index (χ2n) is 5.37. The van der Waals surface area contributed by atoms with E-state index in [4.69, 9.17) is 4.43 Å². The van der Waals surface area contributed by atoms with E-state index in [1.807, 2.05) is 0 Å². The van der Waals surface area contributed by atoms with Crippen LogP contribution < -0.4 is 0 Å². The summed E-state index contributed by atoms with van der Waals surface area (Å²) < 4.78 is 6.16. The summed E-state index contributed by atoms with van der Waals surface area (Å²) in [4.78, 5) is 0. The number of rotatable bonds is 2. The molecule has 0 N–H and O–H groups in total. The third-order valence-electron chi connectivity index (χ3n) is 2.60. The van der Waals surface area contributed by atoms with Crippen LogP contribution in [0.1, 0.15) is 39.0 Å². The molecule has 0 amide bonds. The first kappa shape index (κ1) is 12.0. The lowest BCUT2D eigenvalue weighted by Gasteiger charge is -2.27. The van der Waals surface area contributed by atoms with Crippen molar-refractivity contribution in [3.05, 3.63) is 11.6 Å². The van der Waals surface area contributed by atoms with Gasteiger partial charge in [-0.3, -0.25) is 0 Å². The molecule has 1 atom stereocenters. The maximum atomic E-state index is 6.16. The van der Waals surface area contributed by atoms with E-state index < -0.39 is 8.32 Å². The van der Waals surface area contributed by atoms with E-state index in [2.05, 4.69) is 32.6 Å². The maximum absolute atomic E-state index is 6.16. The first-order chi connectivity index (χ1) is 6.47. The fourth-order valence-electron chi connectivity index (χ4n) is 1.99. The molecule has 0 saturated carbocycles. The summed E-state index contributed by atoms with van der Waals surface area (Å²) in [7, 11) is -1.32. The molecule has 0 radical (unpaired) electrons. The number of allylic oxidation sites excluding steroid dienone is 2. The maximum Gasteiger partial charge on any atom is 0.184 e. The summed E-state index contributed by atoms with van der Waals surface area (Å²) in [5, 5.41) is 0. The Balaban J connectivity index is 2.41. The average Bonchev–Trinajstić information content (AvgIpc) is 1.97. The van der Waals surface area contributed by atoms with Crippen LogP contribution in [0.5, 0.6) is 0 Å². The summed E-state index contributed by atoms with van der Waals surface area (Å²) in [6.45, 7) is 9.10.